The highest BCUT2D eigenvalue weighted by molar-refractivity contribution is 7.99. The zero-order chi connectivity index (χ0) is 23.1. The SMILES string of the molecule is CCn1c(SCC(=O)N[C@H](C)c2ccccc2)nnc1[C@@H](C)NC(=O)c1ccc(C)cc1. The number of aromatic nitrogens is 3. The molecule has 0 bridgehead atoms. The number of carbonyl (C=O) groups is 2. The van der Waals surface area contributed by atoms with Gasteiger partial charge in [0.1, 0.15) is 0 Å². The number of carbonyl (C=O) groups excluding carboxylic acids is 2. The summed E-state index contributed by atoms with van der Waals surface area (Å²) in [6.07, 6.45) is 0. The number of aryl methyl sites for hydroxylation is 1. The van der Waals surface area contributed by atoms with Crippen LogP contribution in [0.4, 0.5) is 0 Å². The van der Waals surface area contributed by atoms with E-state index in [1.807, 2.05) is 74.7 Å². The van der Waals surface area contributed by atoms with Crippen molar-refractivity contribution in [3.63, 3.8) is 0 Å². The van der Waals surface area contributed by atoms with Crippen molar-refractivity contribution in [2.75, 3.05) is 5.75 Å². The van der Waals surface area contributed by atoms with Gasteiger partial charge < -0.3 is 15.2 Å². The van der Waals surface area contributed by atoms with E-state index in [0.717, 1.165) is 11.1 Å². The first-order chi connectivity index (χ1) is 15.4. The van der Waals surface area contributed by atoms with Gasteiger partial charge in [0.2, 0.25) is 5.91 Å². The summed E-state index contributed by atoms with van der Waals surface area (Å²) in [5.74, 6) is 0.666. The molecular weight excluding hydrogens is 422 g/mol. The topological polar surface area (TPSA) is 88.9 Å². The lowest BCUT2D eigenvalue weighted by Crippen LogP contribution is -2.29. The van der Waals surface area contributed by atoms with Crippen LogP contribution in [0.3, 0.4) is 0 Å². The van der Waals surface area contributed by atoms with Crippen LogP contribution in [0.1, 0.15) is 60.2 Å². The van der Waals surface area contributed by atoms with Gasteiger partial charge in [-0.1, -0.05) is 59.8 Å². The van der Waals surface area contributed by atoms with E-state index in [0.29, 0.717) is 23.1 Å². The average Bonchev–Trinajstić information content (AvgIpc) is 3.21. The van der Waals surface area contributed by atoms with Gasteiger partial charge in [0.05, 0.1) is 17.8 Å². The number of nitrogens with one attached hydrogen (secondary N) is 2. The average molecular weight is 452 g/mol. The molecule has 7 nitrogen and oxygen atoms in total. The van der Waals surface area contributed by atoms with E-state index < -0.39 is 0 Å². The van der Waals surface area contributed by atoms with Gasteiger partial charge in [-0.05, 0) is 45.4 Å². The van der Waals surface area contributed by atoms with Crippen molar-refractivity contribution < 1.29 is 9.59 Å². The summed E-state index contributed by atoms with van der Waals surface area (Å²) in [5.41, 5.74) is 2.76. The second-order valence-corrected chi connectivity index (χ2v) is 8.58. The lowest BCUT2D eigenvalue weighted by atomic mass is 10.1. The third-order valence-corrected chi connectivity index (χ3v) is 6.09. The zero-order valence-corrected chi connectivity index (χ0v) is 19.6. The first-order valence-corrected chi connectivity index (χ1v) is 11.6. The minimum absolute atomic E-state index is 0.0686. The molecule has 0 saturated heterocycles. The van der Waals surface area contributed by atoms with E-state index in [-0.39, 0.29) is 29.7 Å². The van der Waals surface area contributed by atoms with Crippen molar-refractivity contribution >= 4 is 23.6 Å². The molecule has 3 rings (SSSR count). The molecule has 2 aromatic carbocycles. The lowest BCUT2D eigenvalue weighted by Gasteiger charge is -2.16. The number of thioether (sulfide) groups is 1. The van der Waals surface area contributed by atoms with Crippen molar-refractivity contribution in [2.45, 2.75) is 51.5 Å². The summed E-state index contributed by atoms with van der Waals surface area (Å²) in [5, 5.41) is 15.2. The molecule has 3 aromatic rings. The van der Waals surface area contributed by atoms with Crippen molar-refractivity contribution in [1.82, 2.24) is 25.4 Å². The molecule has 0 aliphatic rings. The summed E-state index contributed by atoms with van der Waals surface area (Å²) < 4.78 is 1.93. The van der Waals surface area contributed by atoms with E-state index in [4.69, 9.17) is 0 Å². The van der Waals surface area contributed by atoms with Crippen LogP contribution < -0.4 is 10.6 Å². The Balaban J connectivity index is 1.59. The third kappa shape index (κ3) is 5.97. The lowest BCUT2D eigenvalue weighted by molar-refractivity contribution is -0.119. The number of hydrogen-bond acceptors (Lipinski definition) is 5. The minimum atomic E-state index is -0.322. The first kappa shape index (κ1) is 23.5. The Morgan fingerprint density at radius 3 is 2.31 bits per heavy atom. The predicted octanol–water partition coefficient (Wildman–Crippen LogP) is 4.07. The predicted molar refractivity (Wildman–Crippen MR) is 126 cm³/mol. The number of benzene rings is 2. The Bertz CT molecular complexity index is 1050. The summed E-state index contributed by atoms with van der Waals surface area (Å²) in [6.45, 7) is 8.45. The summed E-state index contributed by atoms with van der Waals surface area (Å²) in [7, 11) is 0. The van der Waals surface area contributed by atoms with E-state index in [1.54, 1.807) is 12.1 Å². The normalized spacial score (nSPS) is 12.8. The van der Waals surface area contributed by atoms with Crippen LogP contribution in [-0.2, 0) is 11.3 Å². The van der Waals surface area contributed by atoms with E-state index in [1.165, 1.54) is 11.8 Å². The Kier molecular flexibility index (Phi) is 8.05. The van der Waals surface area contributed by atoms with Crippen molar-refractivity contribution in [3.05, 3.63) is 77.1 Å². The highest BCUT2D eigenvalue weighted by atomic mass is 32.2. The molecule has 2 amide bonds. The molecule has 0 fully saturated rings. The van der Waals surface area contributed by atoms with Gasteiger partial charge in [0, 0.05) is 12.1 Å². The zero-order valence-electron chi connectivity index (χ0n) is 18.8. The summed E-state index contributed by atoms with van der Waals surface area (Å²) >= 11 is 1.34. The highest BCUT2D eigenvalue weighted by Gasteiger charge is 2.20. The first-order valence-electron chi connectivity index (χ1n) is 10.7. The maximum Gasteiger partial charge on any atom is 0.251 e. The Labute approximate surface area is 193 Å². The fourth-order valence-corrected chi connectivity index (χ4v) is 4.13. The van der Waals surface area contributed by atoms with Crippen LogP contribution >= 0.6 is 11.8 Å². The summed E-state index contributed by atoms with van der Waals surface area (Å²) in [6, 6.07) is 16.9. The third-order valence-electron chi connectivity index (χ3n) is 5.12. The molecular formula is C24H29N5O2S. The number of amides is 2. The molecule has 168 valence electrons. The molecule has 1 aromatic heterocycles. The fourth-order valence-electron chi connectivity index (χ4n) is 3.31. The quantitative estimate of drug-likeness (QED) is 0.479. The number of nitrogens with zero attached hydrogens (tertiary/aromatic N) is 3. The molecule has 32 heavy (non-hydrogen) atoms. The Hall–Kier alpha value is -3.13. The molecule has 8 heteroatoms. The Morgan fingerprint density at radius 1 is 0.969 bits per heavy atom. The van der Waals surface area contributed by atoms with Crippen molar-refractivity contribution in [3.8, 4) is 0 Å². The molecule has 0 aliphatic carbocycles. The van der Waals surface area contributed by atoms with Crippen LogP contribution in [0, 0.1) is 6.92 Å². The fraction of sp³-hybridized carbons (Fsp3) is 0.333. The van der Waals surface area contributed by atoms with Crippen molar-refractivity contribution in [1.29, 1.82) is 0 Å². The van der Waals surface area contributed by atoms with E-state index in [9.17, 15) is 9.59 Å². The van der Waals surface area contributed by atoms with E-state index in [2.05, 4.69) is 20.8 Å². The molecule has 0 aliphatic heterocycles. The molecule has 0 spiro atoms. The number of rotatable bonds is 9. The summed E-state index contributed by atoms with van der Waals surface area (Å²) in [4.78, 5) is 25.0. The van der Waals surface area contributed by atoms with Crippen LogP contribution in [0.5, 0.6) is 0 Å². The van der Waals surface area contributed by atoms with Gasteiger partial charge in [-0.15, -0.1) is 10.2 Å². The van der Waals surface area contributed by atoms with Gasteiger partial charge in [-0.25, -0.2) is 0 Å². The largest absolute Gasteiger partial charge is 0.349 e. The molecule has 0 unspecified atom stereocenters. The minimum Gasteiger partial charge on any atom is -0.349 e. The maximum atomic E-state index is 12.6. The monoisotopic (exact) mass is 451 g/mol. The van der Waals surface area contributed by atoms with Crippen LogP contribution in [-0.4, -0.2) is 32.3 Å². The van der Waals surface area contributed by atoms with Crippen molar-refractivity contribution in [2.24, 2.45) is 0 Å². The van der Waals surface area contributed by atoms with Gasteiger partial charge >= 0.3 is 0 Å². The van der Waals surface area contributed by atoms with Gasteiger partial charge in [0.25, 0.3) is 5.91 Å². The van der Waals surface area contributed by atoms with Crippen LogP contribution in [0.2, 0.25) is 0 Å². The number of hydrogen-bond donors (Lipinski definition) is 2. The van der Waals surface area contributed by atoms with Gasteiger partial charge in [0.15, 0.2) is 11.0 Å². The molecule has 1 heterocycles. The highest BCUT2D eigenvalue weighted by Crippen LogP contribution is 2.21. The van der Waals surface area contributed by atoms with E-state index >= 15 is 0 Å². The van der Waals surface area contributed by atoms with Crippen LogP contribution in [0.25, 0.3) is 0 Å². The van der Waals surface area contributed by atoms with Gasteiger partial charge in [-0.2, -0.15) is 0 Å². The molecule has 2 atom stereocenters. The second-order valence-electron chi connectivity index (χ2n) is 7.63. The second kappa shape index (κ2) is 10.9. The molecule has 2 N–H and O–H groups in total. The Morgan fingerprint density at radius 2 is 1.66 bits per heavy atom. The maximum absolute atomic E-state index is 12.6. The standard InChI is InChI=1S/C24H29N5O2S/c1-5-29-22(18(4)26-23(31)20-13-11-16(2)12-14-20)27-28-24(29)32-15-21(30)25-17(3)19-9-7-6-8-10-19/h6-14,17-18H,5,15H2,1-4H3,(H,25,30)(H,26,31)/t17-,18-/m1/s1. The molecule has 0 saturated carbocycles. The smallest absolute Gasteiger partial charge is 0.251 e. The van der Waals surface area contributed by atoms with Gasteiger partial charge in [-0.3, -0.25) is 9.59 Å². The molecule has 0 radical (unpaired) electrons. The van der Waals surface area contributed by atoms with Crippen LogP contribution in [0.15, 0.2) is 59.8 Å².